The van der Waals surface area contributed by atoms with E-state index in [0.29, 0.717) is 0 Å². The topological polar surface area (TPSA) is 135 Å². The molecule has 0 spiro atoms. The number of ether oxygens (including phenoxy) is 3. The summed E-state index contributed by atoms with van der Waals surface area (Å²) in [7, 11) is -7.75. The van der Waals surface area contributed by atoms with Crippen LogP contribution in [0.5, 0.6) is 0 Å². The average Bonchev–Trinajstić information content (AvgIpc) is 2.29. The van der Waals surface area contributed by atoms with E-state index < -0.39 is 63.3 Å². The third-order valence-corrected chi connectivity index (χ3v) is 4.49. The van der Waals surface area contributed by atoms with E-state index in [1.807, 2.05) is 0 Å². The van der Waals surface area contributed by atoms with Gasteiger partial charge in [-0.1, -0.05) is 0 Å². The molecule has 4 rings (SSSR count). The lowest BCUT2D eigenvalue weighted by Gasteiger charge is -2.56. The Hall–Kier alpha value is -0.340. The van der Waals surface area contributed by atoms with Crippen molar-refractivity contribution in [3.05, 3.63) is 0 Å². The molecule has 3 aliphatic heterocycles. The molecule has 4 aliphatic rings. The summed E-state index contributed by atoms with van der Waals surface area (Å²) in [6, 6.07) is 0. The molecule has 12 heteroatoms. The molecule has 1 N–H and O–H groups in total. The van der Waals surface area contributed by atoms with Gasteiger partial charge in [0.05, 0.1) is 12.5 Å². The van der Waals surface area contributed by atoms with Crippen molar-refractivity contribution >= 4 is 20.2 Å². The van der Waals surface area contributed by atoms with Gasteiger partial charge in [-0.25, -0.2) is 0 Å². The zero-order chi connectivity index (χ0) is 15.6. The molecule has 0 aromatic carbocycles. The summed E-state index contributed by atoms with van der Waals surface area (Å²) in [5, 5.41) is 10.1. The van der Waals surface area contributed by atoms with Crippen LogP contribution in [0.2, 0.25) is 0 Å². The highest BCUT2D eigenvalue weighted by molar-refractivity contribution is 7.86. The maximum Gasteiger partial charge on any atom is 0.272 e. The first kappa shape index (κ1) is 15.6. The summed E-state index contributed by atoms with van der Waals surface area (Å²) in [6.45, 7) is -1.12. The first-order chi connectivity index (χ1) is 9.55. The van der Waals surface area contributed by atoms with Gasteiger partial charge in [0.25, 0.3) is 26.7 Å². The van der Waals surface area contributed by atoms with Crippen molar-refractivity contribution in [3.63, 3.8) is 0 Å². The van der Waals surface area contributed by atoms with Crippen LogP contribution in [0.1, 0.15) is 0 Å². The average molecular weight is 346 g/mol. The Kier molecular flexibility index (Phi) is 3.57. The largest absolute Gasteiger partial charge is 0.387 e. The number of hydrogen-bond acceptors (Lipinski definition) is 10. The zero-order valence-electron chi connectivity index (χ0n) is 11.0. The van der Waals surface area contributed by atoms with Gasteiger partial charge in [-0.2, -0.15) is 16.8 Å². The number of hydrogen-bond donors (Lipinski definition) is 1. The Morgan fingerprint density at radius 2 is 1.19 bits per heavy atom. The van der Waals surface area contributed by atoms with E-state index in [2.05, 4.69) is 0 Å². The Balaban J connectivity index is 1.93. The van der Waals surface area contributed by atoms with E-state index in [-0.39, 0.29) is 0 Å². The fourth-order valence-corrected chi connectivity index (χ4v) is 3.96. The van der Waals surface area contributed by atoms with Crippen LogP contribution in [0, 0.1) is 0 Å². The van der Waals surface area contributed by atoms with Crippen molar-refractivity contribution in [1.82, 2.24) is 0 Å². The molecule has 0 amide bonds. The smallest absolute Gasteiger partial charge is 0.272 e. The van der Waals surface area contributed by atoms with E-state index in [9.17, 15) is 21.9 Å². The fourth-order valence-electron chi connectivity index (χ4n) is 2.71. The Labute approximate surface area is 121 Å². The summed E-state index contributed by atoms with van der Waals surface area (Å²) in [4.78, 5) is 0. The van der Waals surface area contributed by atoms with Crippen LogP contribution in [0.15, 0.2) is 0 Å². The van der Waals surface area contributed by atoms with E-state index in [0.717, 1.165) is 12.5 Å². The molecule has 21 heavy (non-hydrogen) atoms. The van der Waals surface area contributed by atoms with Gasteiger partial charge in [-0.3, -0.25) is 8.37 Å². The van der Waals surface area contributed by atoms with Crippen molar-refractivity contribution in [2.45, 2.75) is 43.1 Å². The lowest BCUT2D eigenvalue weighted by Crippen LogP contribution is -2.76. The van der Waals surface area contributed by atoms with Crippen molar-refractivity contribution < 1.29 is 44.5 Å². The monoisotopic (exact) mass is 346 g/mol. The third kappa shape index (κ3) is 2.94. The first-order valence-electron chi connectivity index (χ1n) is 5.96. The van der Waals surface area contributed by atoms with E-state index in [4.69, 9.17) is 22.6 Å². The highest BCUT2D eigenvalue weighted by Crippen LogP contribution is 2.42. The second-order valence-electron chi connectivity index (χ2n) is 5.11. The van der Waals surface area contributed by atoms with Crippen molar-refractivity contribution in [1.29, 1.82) is 0 Å². The first-order valence-corrected chi connectivity index (χ1v) is 9.59. The molecule has 122 valence electrons. The molecule has 0 aromatic heterocycles. The van der Waals surface area contributed by atoms with Gasteiger partial charge in [-0.15, -0.1) is 0 Å². The van der Waals surface area contributed by atoms with Crippen LogP contribution >= 0.6 is 0 Å². The molecule has 0 aromatic rings. The number of aliphatic hydroxyl groups excluding tert-OH is 1. The molecular weight excluding hydrogens is 332 g/mol. The summed E-state index contributed by atoms with van der Waals surface area (Å²) in [5.74, 6) is 0. The molecule has 3 saturated heterocycles. The third-order valence-electron chi connectivity index (χ3n) is 3.34. The van der Waals surface area contributed by atoms with Gasteiger partial charge in [0, 0.05) is 0 Å². The molecule has 3 unspecified atom stereocenters. The zero-order valence-corrected chi connectivity index (χ0v) is 12.6. The molecule has 0 radical (unpaired) electrons. The Bertz CT molecular complexity index is 575. The van der Waals surface area contributed by atoms with Gasteiger partial charge in [0.15, 0.2) is 0 Å². The molecule has 7 atom stereocenters. The minimum absolute atomic E-state index is 0.827. The molecule has 4 bridgehead atoms. The molecular formula is C9H14O10S2. The van der Waals surface area contributed by atoms with E-state index in [1.54, 1.807) is 0 Å². The van der Waals surface area contributed by atoms with Crippen LogP contribution in [-0.2, 0) is 42.8 Å². The van der Waals surface area contributed by atoms with Crippen LogP contribution in [-0.4, -0.2) is 77.6 Å². The molecule has 4 fully saturated rings. The fraction of sp³-hybridized carbons (Fsp3) is 1.00. The van der Waals surface area contributed by atoms with Gasteiger partial charge in [-0.05, 0) is 0 Å². The summed E-state index contributed by atoms with van der Waals surface area (Å²) in [6.07, 6.45) is -5.18. The maximum atomic E-state index is 11.3. The Morgan fingerprint density at radius 3 is 1.57 bits per heavy atom. The van der Waals surface area contributed by atoms with Crippen molar-refractivity contribution in [2.75, 3.05) is 12.5 Å². The van der Waals surface area contributed by atoms with Gasteiger partial charge >= 0.3 is 0 Å². The van der Waals surface area contributed by atoms with E-state index >= 15 is 0 Å². The second-order valence-corrected chi connectivity index (χ2v) is 8.31. The normalized spacial score (nSPS) is 46.0. The van der Waals surface area contributed by atoms with Crippen LogP contribution in [0.3, 0.4) is 0 Å². The minimum atomic E-state index is -3.88. The van der Waals surface area contributed by atoms with Gasteiger partial charge in [0.2, 0.25) is 0 Å². The highest BCUT2D eigenvalue weighted by Gasteiger charge is 2.64. The van der Waals surface area contributed by atoms with E-state index in [1.165, 1.54) is 0 Å². The Morgan fingerprint density at radius 1 is 0.810 bits per heavy atom. The standard InChI is InChI=1S/C9H14O10S2/c1-20(11,12)18-7-4-3(10)5-8(19-21(2,13)14)6(7)17-9(15-4)16-5/h3-10H,1-2H3/t3?,4-,5+,6?,7+,8-,9?. The van der Waals surface area contributed by atoms with Crippen molar-refractivity contribution in [2.24, 2.45) is 0 Å². The predicted octanol–water partition coefficient (Wildman–Crippen LogP) is -2.48. The lowest BCUT2D eigenvalue weighted by molar-refractivity contribution is -0.476. The maximum absolute atomic E-state index is 11.3. The number of aliphatic hydroxyl groups is 1. The minimum Gasteiger partial charge on any atom is -0.387 e. The molecule has 3 heterocycles. The second kappa shape index (κ2) is 4.83. The SMILES string of the molecule is CS(=O)(=O)O[C@@H]1C2OC3O[C@@H]1C(O)[C@H](O3)[C@H]2OS(C)(=O)=O. The van der Waals surface area contributed by atoms with Crippen LogP contribution < -0.4 is 0 Å². The number of rotatable bonds is 4. The molecule has 1 saturated carbocycles. The van der Waals surface area contributed by atoms with Gasteiger partial charge < -0.3 is 19.3 Å². The molecule has 1 aliphatic carbocycles. The predicted molar refractivity (Wildman–Crippen MR) is 63.8 cm³/mol. The van der Waals surface area contributed by atoms with Crippen LogP contribution in [0.25, 0.3) is 0 Å². The summed E-state index contributed by atoms with van der Waals surface area (Å²) >= 11 is 0. The highest BCUT2D eigenvalue weighted by atomic mass is 32.2. The lowest BCUT2D eigenvalue weighted by atomic mass is 9.83. The van der Waals surface area contributed by atoms with Crippen molar-refractivity contribution in [3.8, 4) is 0 Å². The van der Waals surface area contributed by atoms with Gasteiger partial charge in [0.1, 0.15) is 36.6 Å². The quantitative estimate of drug-likeness (QED) is 0.545. The summed E-state index contributed by atoms with van der Waals surface area (Å²) < 4.78 is 70.6. The summed E-state index contributed by atoms with van der Waals surface area (Å²) in [5.41, 5.74) is 0. The molecule has 10 nitrogen and oxygen atoms in total. The van der Waals surface area contributed by atoms with Crippen LogP contribution in [0.4, 0.5) is 0 Å².